The van der Waals surface area contributed by atoms with Crippen LogP contribution >= 0.6 is 0 Å². The van der Waals surface area contributed by atoms with E-state index in [1.54, 1.807) is 4.68 Å². The van der Waals surface area contributed by atoms with Gasteiger partial charge in [0.05, 0.1) is 6.20 Å². The first-order valence-corrected chi connectivity index (χ1v) is 11.4. The van der Waals surface area contributed by atoms with Gasteiger partial charge in [-0.3, -0.25) is 9.48 Å². The van der Waals surface area contributed by atoms with Gasteiger partial charge in [-0.2, -0.15) is 5.10 Å². The minimum atomic E-state index is 0.0817. The van der Waals surface area contributed by atoms with Crippen LogP contribution in [0.15, 0.2) is 48.8 Å². The van der Waals surface area contributed by atoms with Gasteiger partial charge in [0.2, 0.25) is 5.91 Å². The number of aromatic nitrogens is 2. The number of aryl methyl sites for hydroxylation is 4. The lowest BCUT2D eigenvalue weighted by Gasteiger charge is -2.22. The van der Waals surface area contributed by atoms with Crippen molar-refractivity contribution in [2.45, 2.75) is 53.2 Å². The minimum absolute atomic E-state index is 0.0817. The fraction of sp³-hybridized carbons (Fsp3) is 0.407. The van der Waals surface area contributed by atoms with Crippen molar-refractivity contribution in [2.24, 2.45) is 13.0 Å². The summed E-state index contributed by atoms with van der Waals surface area (Å²) >= 11 is 0. The van der Waals surface area contributed by atoms with Crippen molar-refractivity contribution in [3.8, 4) is 5.75 Å². The summed E-state index contributed by atoms with van der Waals surface area (Å²) in [5.74, 6) is 1.57. The SMILES string of the molecule is CCN(Cc1cc(C)c(OCc2cccc(C)c2)c(C)c1)C(=O)[C@H]1C[C@H]1c1cnn(C)c1. The molecule has 0 radical (unpaired) electrons. The summed E-state index contributed by atoms with van der Waals surface area (Å²) in [6.07, 6.45) is 4.83. The fourth-order valence-corrected chi connectivity index (χ4v) is 4.58. The largest absolute Gasteiger partial charge is 0.488 e. The van der Waals surface area contributed by atoms with Crippen LogP contribution in [0.5, 0.6) is 5.75 Å². The van der Waals surface area contributed by atoms with Crippen LogP contribution in [0.2, 0.25) is 0 Å². The maximum Gasteiger partial charge on any atom is 0.226 e. The van der Waals surface area contributed by atoms with Crippen molar-refractivity contribution in [3.05, 3.63) is 82.2 Å². The molecule has 1 aromatic heterocycles. The van der Waals surface area contributed by atoms with Crippen molar-refractivity contribution >= 4 is 5.91 Å². The average molecular weight is 432 g/mol. The van der Waals surface area contributed by atoms with E-state index in [2.05, 4.69) is 69.2 Å². The molecular weight excluding hydrogens is 398 g/mol. The highest BCUT2D eigenvalue weighted by Gasteiger charge is 2.46. The summed E-state index contributed by atoms with van der Waals surface area (Å²) in [5, 5.41) is 4.25. The quantitative estimate of drug-likeness (QED) is 0.500. The van der Waals surface area contributed by atoms with Gasteiger partial charge in [0.1, 0.15) is 12.4 Å². The monoisotopic (exact) mass is 431 g/mol. The van der Waals surface area contributed by atoms with Crippen molar-refractivity contribution < 1.29 is 9.53 Å². The van der Waals surface area contributed by atoms with E-state index < -0.39 is 0 Å². The maximum atomic E-state index is 13.1. The van der Waals surface area contributed by atoms with E-state index in [1.165, 1.54) is 16.7 Å². The van der Waals surface area contributed by atoms with E-state index in [0.717, 1.165) is 28.9 Å². The number of carbonyl (C=O) groups is 1. The van der Waals surface area contributed by atoms with Gasteiger partial charge in [0, 0.05) is 32.3 Å². The number of carbonyl (C=O) groups excluding carboxylic acids is 1. The number of hydrogen-bond donors (Lipinski definition) is 0. The van der Waals surface area contributed by atoms with Crippen LogP contribution in [0.3, 0.4) is 0 Å². The average Bonchev–Trinajstić information content (AvgIpc) is 3.44. The topological polar surface area (TPSA) is 47.4 Å². The molecule has 2 aromatic carbocycles. The molecule has 2 atom stereocenters. The zero-order chi connectivity index (χ0) is 22.8. The molecule has 32 heavy (non-hydrogen) atoms. The summed E-state index contributed by atoms with van der Waals surface area (Å²) in [6.45, 7) is 10.2. The summed E-state index contributed by atoms with van der Waals surface area (Å²) < 4.78 is 7.97. The minimum Gasteiger partial charge on any atom is -0.488 e. The fourth-order valence-electron chi connectivity index (χ4n) is 4.58. The molecule has 1 fully saturated rings. The van der Waals surface area contributed by atoms with E-state index in [-0.39, 0.29) is 11.8 Å². The number of hydrogen-bond acceptors (Lipinski definition) is 3. The molecule has 0 aliphatic heterocycles. The molecule has 0 N–H and O–H groups in total. The molecule has 5 heteroatoms. The predicted molar refractivity (Wildman–Crippen MR) is 127 cm³/mol. The van der Waals surface area contributed by atoms with Gasteiger partial charge in [0.15, 0.2) is 0 Å². The van der Waals surface area contributed by atoms with Gasteiger partial charge in [-0.05, 0) is 67.9 Å². The van der Waals surface area contributed by atoms with Crippen LogP contribution in [-0.4, -0.2) is 27.1 Å². The van der Waals surface area contributed by atoms with E-state index in [9.17, 15) is 4.79 Å². The van der Waals surface area contributed by atoms with Gasteiger partial charge in [-0.25, -0.2) is 0 Å². The highest BCUT2D eigenvalue weighted by Crippen LogP contribution is 2.48. The Bertz CT molecular complexity index is 1090. The second-order valence-electron chi connectivity index (χ2n) is 9.08. The molecule has 0 saturated heterocycles. The third-order valence-electron chi connectivity index (χ3n) is 6.31. The molecule has 0 spiro atoms. The molecule has 1 aliphatic rings. The Balaban J connectivity index is 1.41. The molecule has 1 saturated carbocycles. The second-order valence-corrected chi connectivity index (χ2v) is 9.08. The molecule has 0 bridgehead atoms. The Labute approximate surface area is 191 Å². The molecule has 0 unspecified atom stereocenters. The first-order chi connectivity index (χ1) is 15.4. The van der Waals surface area contributed by atoms with Crippen molar-refractivity contribution in [3.63, 3.8) is 0 Å². The normalized spacial score (nSPS) is 17.3. The number of rotatable bonds is 8. The molecule has 3 aromatic rings. The number of ether oxygens (including phenoxy) is 1. The Morgan fingerprint density at radius 3 is 2.53 bits per heavy atom. The third kappa shape index (κ3) is 4.87. The van der Waals surface area contributed by atoms with Crippen molar-refractivity contribution in [1.29, 1.82) is 0 Å². The van der Waals surface area contributed by atoms with E-state index in [0.29, 0.717) is 25.6 Å². The molecular formula is C27H33N3O2. The first-order valence-electron chi connectivity index (χ1n) is 11.4. The van der Waals surface area contributed by atoms with Gasteiger partial charge in [0.25, 0.3) is 0 Å². The zero-order valence-corrected chi connectivity index (χ0v) is 19.8. The molecule has 4 rings (SSSR count). The van der Waals surface area contributed by atoms with Crippen LogP contribution in [-0.2, 0) is 25.0 Å². The second kappa shape index (κ2) is 9.19. The van der Waals surface area contributed by atoms with Crippen molar-refractivity contribution in [1.82, 2.24) is 14.7 Å². The van der Waals surface area contributed by atoms with Gasteiger partial charge in [-0.15, -0.1) is 0 Å². The Kier molecular flexibility index (Phi) is 6.35. The highest BCUT2D eigenvalue weighted by molar-refractivity contribution is 5.83. The Morgan fingerprint density at radius 1 is 1.16 bits per heavy atom. The summed E-state index contributed by atoms with van der Waals surface area (Å²) in [5.41, 5.74) is 6.94. The first kappa shape index (κ1) is 22.1. The number of nitrogens with zero attached hydrogens (tertiary/aromatic N) is 3. The van der Waals surface area contributed by atoms with E-state index >= 15 is 0 Å². The van der Waals surface area contributed by atoms with Gasteiger partial charge < -0.3 is 9.64 Å². The van der Waals surface area contributed by atoms with Crippen LogP contribution in [0, 0.1) is 26.7 Å². The predicted octanol–water partition coefficient (Wildman–Crippen LogP) is 5.08. The van der Waals surface area contributed by atoms with Crippen molar-refractivity contribution in [2.75, 3.05) is 6.54 Å². The highest BCUT2D eigenvalue weighted by atomic mass is 16.5. The summed E-state index contributed by atoms with van der Waals surface area (Å²) in [6, 6.07) is 12.7. The number of amides is 1. The number of benzene rings is 2. The van der Waals surface area contributed by atoms with Crippen LogP contribution in [0.4, 0.5) is 0 Å². The zero-order valence-electron chi connectivity index (χ0n) is 19.8. The van der Waals surface area contributed by atoms with Gasteiger partial charge >= 0.3 is 0 Å². The smallest absolute Gasteiger partial charge is 0.226 e. The molecule has 5 nitrogen and oxygen atoms in total. The molecule has 1 heterocycles. The lowest BCUT2D eigenvalue weighted by molar-refractivity contribution is -0.133. The molecule has 1 amide bonds. The van der Waals surface area contributed by atoms with Crippen LogP contribution in [0.25, 0.3) is 0 Å². The van der Waals surface area contributed by atoms with Crippen LogP contribution in [0.1, 0.15) is 52.6 Å². The summed E-state index contributed by atoms with van der Waals surface area (Å²) in [7, 11) is 1.92. The molecule has 1 aliphatic carbocycles. The maximum absolute atomic E-state index is 13.1. The Hall–Kier alpha value is -3.08. The van der Waals surface area contributed by atoms with Gasteiger partial charge in [-0.1, -0.05) is 42.0 Å². The summed E-state index contributed by atoms with van der Waals surface area (Å²) in [4.78, 5) is 15.1. The standard InChI is InChI=1S/C27H33N3O2/c1-6-30(27(31)25-13-24(25)23-14-28-29(5)16-23)15-22-11-19(3)26(20(4)12-22)32-17-21-9-7-8-18(2)10-21/h7-12,14,16,24-25H,6,13,15,17H2,1-5H3/t24-,25-/m0/s1. The van der Waals surface area contributed by atoms with E-state index in [1.807, 2.05) is 24.3 Å². The van der Waals surface area contributed by atoms with E-state index in [4.69, 9.17) is 4.74 Å². The Morgan fingerprint density at radius 2 is 1.91 bits per heavy atom. The third-order valence-corrected chi connectivity index (χ3v) is 6.31. The lowest BCUT2D eigenvalue weighted by atomic mass is 10.0. The van der Waals surface area contributed by atoms with Crippen LogP contribution < -0.4 is 4.74 Å². The molecule has 168 valence electrons. The lowest BCUT2D eigenvalue weighted by Crippen LogP contribution is -2.32.